The second-order valence-corrected chi connectivity index (χ2v) is 49.5. The summed E-state index contributed by atoms with van der Waals surface area (Å²) < 4.78 is 8.82. The van der Waals surface area contributed by atoms with E-state index in [2.05, 4.69) is 426 Å². The molecule has 13 heterocycles. The Kier molecular flexibility index (Phi) is 27.3. The van der Waals surface area contributed by atoms with Crippen molar-refractivity contribution in [1.29, 1.82) is 0 Å². The van der Waals surface area contributed by atoms with Crippen molar-refractivity contribution in [3.63, 3.8) is 0 Å². The third-order valence-corrected chi connectivity index (χ3v) is 36.8. The van der Waals surface area contributed by atoms with Crippen molar-refractivity contribution < 1.29 is 69.4 Å². The van der Waals surface area contributed by atoms with Crippen LogP contribution in [0.4, 0.5) is 0 Å². The molecule has 2 N–H and O–H groups in total. The van der Waals surface area contributed by atoms with Gasteiger partial charge in [-0.15, -0.1) is 43.8 Å². The standard InChI is InChI=1S/C46H45N6.C42H44N4O2.C38H36N2S4.Cu.2Pt/c1-43(2)35-27-51(29-19-11-9-12-20-29)41(47-35)46(7,8)40-34-26-18-16-24-32(34)38(50-40)44(3,4)36-28-52(30-21-13-10-14-22-30)42(48-36)45(5,6)39-33-25-17-15-23-31(33)37(43)49-39;1-39(2)29-21-15-23-31(35(29)47)41(5,6)38-44-34(26-46(38)28-19-13-10-14-20-28)40(3,4)30-22-16-24-32(36(30)48)42(7,8)37-43-33(39)25-45(37)27-17-11-9-12-18-27;1-35(2)25-19-29(43-31(25)23-15-11-9-12-16-23)37(5,6)34-40-28(22-42-34)36(3,4)26-20-30(38(7,8)33-39-27(35)21-41-33)44-32(26)24-17-13-10-14-18-24;;;/h9-28,31H,1-8H3;9-26,47-48H,1-8H3;9-18,21-22H,1-8H3;;;/q-1;;-2;+1;;+2. The maximum absolute atomic E-state index is 12.3. The fourth-order valence-corrected chi connectivity index (χ4v) is 27.1. The molecule has 756 valence electrons. The molecule has 1 aliphatic carbocycles. The van der Waals surface area contributed by atoms with Gasteiger partial charge in [0, 0.05) is 162 Å². The van der Waals surface area contributed by atoms with Crippen LogP contribution < -0.4 is 4.98 Å². The largest absolute Gasteiger partial charge is 2.00 e. The molecule has 147 heavy (non-hydrogen) atoms. The fourth-order valence-electron chi connectivity index (χ4n) is 22.0. The first kappa shape index (κ1) is 105. The first-order valence-corrected chi connectivity index (χ1v) is 53.4. The number of phenols is 2. The number of aliphatic imine (C=N–C) groups is 1. The molecule has 0 radical (unpaired) electrons. The zero-order valence-electron chi connectivity index (χ0n) is 87.8. The number of para-hydroxylation sites is 6. The molecule has 0 amide bonds. The molecule has 1 unspecified atom stereocenters. The number of aromatic nitrogens is 11. The van der Waals surface area contributed by atoms with Gasteiger partial charge in [0.2, 0.25) is 0 Å². The summed E-state index contributed by atoms with van der Waals surface area (Å²) in [5.74, 6) is 3.99. The van der Waals surface area contributed by atoms with E-state index in [9.17, 15) is 10.2 Å². The Bertz CT molecular complexity index is 7860. The summed E-state index contributed by atoms with van der Waals surface area (Å²) >= 11 is 7.23. The van der Waals surface area contributed by atoms with Gasteiger partial charge in [0.1, 0.15) is 44.8 Å². The molecule has 0 spiro atoms. The third kappa shape index (κ3) is 17.4. The molecule has 21 heteroatoms. The molecular weight excluding hydrogens is 2300 g/mol. The van der Waals surface area contributed by atoms with Crippen molar-refractivity contribution in [2.24, 2.45) is 10.9 Å². The average Bonchev–Trinajstić information content (AvgIpc) is 1.51. The van der Waals surface area contributed by atoms with Gasteiger partial charge < -0.3 is 33.5 Å². The molecular formula is C126H125CuN12O2Pt2S4. The zero-order valence-corrected chi connectivity index (χ0v) is 96.5. The Hall–Kier alpha value is -11.6. The van der Waals surface area contributed by atoms with Crippen LogP contribution in [-0.4, -0.2) is 64.1 Å². The van der Waals surface area contributed by atoms with E-state index < -0.39 is 43.3 Å². The molecule has 9 aromatic carbocycles. The van der Waals surface area contributed by atoms with E-state index in [4.69, 9.17) is 39.9 Å². The number of aromatic hydroxyl groups is 2. The minimum atomic E-state index is -0.710. The van der Waals surface area contributed by atoms with Gasteiger partial charge in [0.15, 0.2) is 0 Å². The summed E-state index contributed by atoms with van der Waals surface area (Å²) in [6, 6.07) is 91.7. The Morgan fingerprint density at radius 3 is 1.00 bits per heavy atom. The minimum Gasteiger partial charge on any atom is -0.662 e. The van der Waals surface area contributed by atoms with Crippen molar-refractivity contribution in [3.8, 4) is 55.1 Å². The van der Waals surface area contributed by atoms with Crippen molar-refractivity contribution in [3.05, 3.63) is 448 Å². The van der Waals surface area contributed by atoms with Gasteiger partial charge in [-0.2, -0.15) is 11.1 Å². The Morgan fingerprint density at radius 1 is 0.320 bits per heavy atom. The van der Waals surface area contributed by atoms with Crippen LogP contribution >= 0.6 is 45.3 Å². The Labute approximate surface area is 921 Å². The summed E-state index contributed by atoms with van der Waals surface area (Å²) in [5.41, 5.74) is 17.0. The van der Waals surface area contributed by atoms with Crippen LogP contribution in [0.1, 0.15) is 288 Å². The number of hydrogen-bond acceptors (Lipinski definition) is 13. The van der Waals surface area contributed by atoms with Crippen LogP contribution in [0.3, 0.4) is 0 Å². The van der Waals surface area contributed by atoms with Crippen LogP contribution in [0.2, 0.25) is 0 Å². The molecule has 0 saturated carbocycles. The molecule has 0 fully saturated rings. The van der Waals surface area contributed by atoms with Gasteiger partial charge in [0.05, 0.1) is 56.1 Å². The third-order valence-electron chi connectivity index (χ3n) is 31.6. The number of imidazole rings is 4. The smallest absolute Gasteiger partial charge is 0.662 e. The number of allylic oxidation sites excluding steroid dienone is 6. The van der Waals surface area contributed by atoms with Gasteiger partial charge >= 0.3 is 38.1 Å². The number of fused-ring (bicyclic) bond motifs is 28. The fraction of sp³-hybridized carbons (Fsp3) is 0.294. The van der Waals surface area contributed by atoms with Gasteiger partial charge in [-0.05, 0) is 148 Å². The van der Waals surface area contributed by atoms with Crippen LogP contribution in [0, 0.1) is 18.1 Å². The second-order valence-electron chi connectivity index (χ2n) is 45.7. The first-order chi connectivity index (χ1) is 68.3. The monoisotopic (exact) mass is 2420 g/mol. The maximum atomic E-state index is 12.3. The Balaban J connectivity index is 0.000000143. The van der Waals surface area contributed by atoms with E-state index in [0.717, 1.165) is 146 Å². The van der Waals surface area contributed by atoms with E-state index in [1.54, 1.807) is 22.7 Å². The van der Waals surface area contributed by atoms with Crippen molar-refractivity contribution in [2.75, 3.05) is 0 Å². The summed E-state index contributed by atoms with van der Waals surface area (Å²) in [6.07, 6.45) is 17.5. The van der Waals surface area contributed by atoms with Crippen molar-refractivity contribution in [1.82, 2.24) is 53.2 Å². The number of hydrogen-bond donors (Lipinski definition) is 2. The summed E-state index contributed by atoms with van der Waals surface area (Å²) in [4.78, 5) is 49.1. The summed E-state index contributed by atoms with van der Waals surface area (Å²) in [7, 11) is 0. The predicted octanol–water partition coefficient (Wildman–Crippen LogP) is 30.2. The van der Waals surface area contributed by atoms with Crippen molar-refractivity contribution >= 4 is 61.8 Å². The quantitative estimate of drug-likeness (QED) is 0.122. The predicted molar refractivity (Wildman–Crippen MR) is 593 cm³/mol. The first-order valence-electron chi connectivity index (χ1n) is 50.0. The van der Waals surface area contributed by atoms with Crippen molar-refractivity contribution in [2.45, 2.75) is 231 Å². The van der Waals surface area contributed by atoms with E-state index in [1.165, 1.54) is 47.3 Å². The molecule has 14 nitrogen and oxygen atoms in total. The van der Waals surface area contributed by atoms with Gasteiger partial charge in [-0.3, -0.25) is 27.7 Å². The zero-order chi connectivity index (χ0) is 102. The summed E-state index contributed by atoms with van der Waals surface area (Å²) in [6.45, 7) is 53.5. The average molecular weight is 2420 g/mol. The van der Waals surface area contributed by atoms with Gasteiger partial charge in [0.25, 0.3) is 0 Å². The number of phenolic OH excluding ortho intramolecular Hbond substituents is 2. The SMILES string of the molecule is CC1(C)C2=NC(=C3C=CC=CC23)C(C)(C)c2nc(cn2-c2ccccc2)C(C)(C)c2[n-]c(c3ccccc23)C(C)(C)c2nc1cn2-c1ccccc1.CC1(C)c2[c-]c(c(-c3ccccc3)s2)C(C)(C)c2csc(n2)C(C)(C)c2[c-]c(c(-c3ccccc3)s2)C(C)(C)c2csc1n2.CC1(C)c2cn(-c3ccccc3)c(n2)C(C)(C)c2cccc(c2O)C(C)(C)c2cn(-c3ccccc3)c(n2)C(C)(C)c2cccc1c2O.[Cu+].[Pt+2].[Pt]. The topological polar surface area (TPSA) is 164 Å². The molecule has 0 saturated heterocycles. The molecule has 18 aromatic rings. The Morgan fingerprint density at radius 2 is 0.633 bits per heavy atom. The minimum absolute atomic E-state index is 0. The number of thiophene rings is 2. The molecule has 4 aliphatic heterocycles. The normalized spacial score (nSPS) is 18.2. The molecule has 9 aromatic heterocycles. The van der Waals surface area contributed by atoms with Crippen LogP contribution in [0.5, 0.6) is 11.5 Å². The van der Waals surface area contributed by atoms with E-state index in [0.29, 0.717) is 0 Å². The van der Waals surface area contributed by atoms with Gasteiger partial charge in [-0.25, -0.2) is 42.0 Å². The number of thiazole rings is 2. The number of rotatable bonds is 6. The molecule has 23 rings (SSSR count). The van der Waals surface area contributed by atoms with E-state index in [-0.39, 0.29) is 98.3 Å². The number of nitrogens with zero attached hydrogens (tertiary/aromatic N) is 12. The molecule has 24 bridgehead atoms. The van der Waals surface area contributed by atoms with E-state index in [1.807, 2.05) is 95.5 Å². The van der Waals surface area contributed by atoms with E-state index >= 15 is 0 Å². The molecule has 5 aliphatic rings. The van der Waals surface area contributed by atoms with Crippen LogP contribution in [-0.2, 0) is 124 Å². The summed E-state index contributed by atoms with van der Waals surface area (Å²) in [5, 5.41) is 33.6. The van der Waals surface area contributed by atoms with Gasteiger partial charge in [-0.1, -0.05) is 322 Å². The maximum Gasteiger partial charge on any atom is 2.00 e. The molecule has 1 atom stereocenters. The number of benzene rings is 9. The second kappa shape index (κ2) is 38.1. The van der Waals surface area contributed by atoms with Crippen LogP contribution in [0.15, 0.2) is 319 Å². The van der Waals surface area contributed by atoms with Crippen LogP contribution in [0.25, 0.3) is 54.4 Å².